The number of epoxide rings is 2. The van der Waals surface area contributed by atoms with Gasteiger partial charge in [-0.2, -0.15) is 0 Å². The van der Waals surface area contributed by atoms with Gasteiger partial charge < -0.3 is 19.3 Å². The Morgan fingerprint density at radius 3 is 1.62 bits per heavy atom. The smallest absolute Gasteiger partial charge is 0.312 e. The van der Waals surface area contributed by atoms with E-state index in [4.69, 9.17) is 9.47 Å². The van der Waals surface area contributed by atoms with Crippen molar-refractivity contribution in [3.8, 4) is 0 Å². The second-order valence-corrected chi connectivity index (χ2v) is 4.41. The molecule has 0 spiro atoms. The van der Waals surface area contributed by atoms with Crippen LogP contribution in [0.1, 0.15) is 0 Å². The van der Waals surface area contributed by atoms with Gasteiger partial charge in [0.05, 0.1) is 25.4 Å². The van der Waals surface area contributed by atoms with Gasteiger partial charge in [0.1, 0.15) is 0 Å². The summed E-state index contributed by atoms with van der Waals surface area (Å²) in [5.41, 5.74) is 0. The second-order valence-electron chi connectivity index (χ2n) is 4.41. The average molecular weight is 226 g/mol. The van der Waals surface area contributed by atoms with Gasteiger partial charge in [-0.05, 0) is 0 Å². The molecule has 3 heterocycles. The highest BCUT2D eigenvalue weighted by Crippen LogP contribution is 2.16. The average Bonchev–Trinajstić information content (AvgIpc) is 3.12. The Kier molecular flexibility index (Phi) is 2.33. The fourth-order valence-electron chi connectivity index (χ4n) is 1.90. The standard InChI is InChI=1S/C10H14N2O4/c13-9-10(14)12(4-8-6-16-8)2-1-11(9)3-7-5-15-7/h7-8H,1-6H2. The molecule has 6 nitrogen and oxygen atoms in total. The SMILES string of the molecule is O=C1C(=O)N(CC2CO2)CCN1CC1CO1. The first-order valence-electron chi connectivity index (χ1n) is 5.55. The van der Waals surface area contributed by atoms with E-state index in [-0.39, 0.29) is 12.2 Å². The van der Waals surface area contributed by atoms with Crippen molar-refractivity contribution in [3.63, 3.8) is 0 Å². The summed E-state index contributed by atoms with van der Waals surface area (Å²) in [4.78, 5) is 26.7. The van der Waals surface area contributed by atoms with E-state index in [0.29, 0.717) is 39.4 Å². The van der Waals surface area contributed by atoms with Crippen molar-refractivity contribution in [2.45, 2.75) is 12.2 Å². The minimum atomic E-state index is -0.401. The summed E-state index contributed by atoms with van der Waals surface area (Å²) in [6.45, 7) is 3.74. The number of nitrogens with zero attached hydrogens (tertiary/aromatic N) is 2. The van der Waals surface area contributed by atoms with E-state index in [1.807, 2.05) is 0 Å². The molecule has 0 aromatic heterocycles. The fraction of sp³-hybridized carbons (Fsp3) is 0.800. The van der Waals surface area contributed by atoms with Crippen LogP contribution in [0.15, 0.2) is 0 Å². The topological polar surface area (TPSA) is 65.7 Å². The molecule has 0 aliphatic carbocycles. The number of rotatable bonds is 4. The Morgan fingerprint density at radius 2 is 1.31 bits per heavy atom. The normalized spacial score (nSPS) is 33.2. The highest BCUT2D eigenvalue weighted by molar-refractivity contribution is 6.35. The van der Waals surface area contributed by atoms with Crippen molar-refractivity contribution in [2.24, 2.45) is 0 Å². The van der Waals surface area contributed by atoms with E-state index in [1.165, 1.54) is 0 Å². The molecule has 6 heteroatoms. The molecule has 0 saturated carbocycles. The van der Waals surface area contributed by atoms with Gasteiger partial charge in [0, 0.05) is 26.2 Å². The number of ether oxygens (including phenoxy) is 2. The minimum Gasteiger partial charge on any atom is -0.371 e. The molecular formula is C10H14N2O4. The van der Waals surface area contributed by atoms with Gasteiger partial charge in [0.25, 0.3) is 0 Å². The van der Waals surface area contributed by atoms with Gasteiger partial charge >= 0.3 is 11.8 Å². The molecule has 3 fully saturated rings. The van der Waals surface area contributed by atoms with Gasteiger partial charge in [-0.3, -0.25) is 9.59 Å². The number of piperazine rings is 1. The molecule has 88 valence electrons. The van der Waals surface area contributed by atoms with Gasteiger partial charge in [0.2, 0.25) is 0 Å². The molecule has 16 heavy (non-hydrogen) atoms. The lowest BCUT2D eigenvalue weighted by molar-refractivity contribution is -0.156. The fourth-order valence-corrected chi connectivity index (χ4v) is 1.90. The maximum atomic E-state index is 11.7. The van der Waals surface area contributed by atoms with E-state index < -0.39 is 11.8 Å². The summed E-state index contributed by atoms with van der Waals surface area (Å²) in [5.74, 6) is -0.801. The van der Waals surface area contributed by atoms with Crippen LogP contribution in [0.5, 0.6) is 0 Å². The van der Waals surface area contributed by atoms with Gasteiger partial charge in [-0.15, -0.1) is 0 Å². The van der Waals surface area contributed by atoms with Crippen molar-refractivity contribution in [1.29, 1.82) is 0 Å². The van der Waals surface area contributed by atoms with E-state index in [0.717, 1.165) is 0 Å². The summed E-state index contributed by atoms with van der Waals surface area (Å²) in [7, 11) is 0. The predicted molar refractivity (Wildman–Crippen MR) is 52.6 cm³/mol. The molecule has 0 radical (unpaired) electrons. The lowest BCUT2D eigenvalue weighted by Crippen LogP contribution is -2.55. The number of hydrogen-bond donors (Lipinski definition) is 0. The largest absolute Gasteiger partial charge is 0.371 e. The molecule has 2 atom stereocenters. The summed E-state index contributed by atoms with van der Waals surface area (Å²) in [5, 5.41) is 0. The molecule has 3 saturated heterocycles. The molecule has 3 aliphatic rings. The van der Waals surface area contributed by atoms with Crippen molar-refractivity contribution in [3.05, 3.63) is 0 Å². The van der Waals surface area contributed by atoms with Crippen LogP contribution in [-0.2, 0) is 19.1 Å². The van der Waals surface area contributed by atoms with E-state index in [1.54, 1.807) is 9.80 Å². The third kappa shape index (κ3) is 2.03. The van der Waals surface area contributed by atoms with Crippen LogP contribution in [0, 0.1) is 0 Å². The molecule has 2 amide bonds. The zero-order valence-electron chi connectivity index (χ0n) is 8.92. The summed E-state index contributed by atoms with van der Waals surface area (Å²) >= 11 is 0. The zero-order valence-corrected chi connectivity index (χ0v) is 8.92. The maximum absolute atomic E-state index is 11.7. The van der Waals surface area contributed by atoms with Crippen molar-refractivity contribution >= 4 is 11.8 Å². The number of hydrogen-bond acceptors (Lipinski definition) is 4. The lowest BCUT2D eigenvalue weighted by Gasteiger charge is -2.33. The first kappa shape index (κ1) is 10.0. The van der Waals surface area contributed by atoms with Crippen LogP contribution in [0.2, 0.25) is 0 Å². The maximum Gasteiger partial charge on any atom is 0.312 e. The molecule has 0 bridgehead atoms. The Hall–Kier alpha value is -1.14. The second kappa shape index (κ2) is 3.71. The molecule has 0 aromatic carbocycles. The van der Waals surface area contributed by atoms with Crippen molar-refractivity contribution < 1.29 is 19.1 Å². The van der Waals surface area contributed by atoms with Crippen LogP contribution in [0.4, 0.5) is 0 Å². The predicted octanol–water partition coefficient (Wildman–Crippen LogP) is -1.55. The number of amides is 2. The Morgan fingerprint density at radius 1 is 0.938 bits per heavy atom. The van der Waals surface area contributed by atoms with Crippen LogP contribution < -0.4 is 0 Å². The summed E-state index contributed by atoms with van der Waals surface area (Å²) in [6.07, 6.45) is 0.296. The lowest BCUT2D eigenvalue weighted by atomic mass is 10.2. The van der Waals surface area contributed by atoms with E-state index >= 15 is 0 Å². The first-order chi connectivity index (χ1) is 7.74. The quantitative estimate of drug-likeness (QED) is 0.430. The van der Waals surface area contributed by atoms with E-state index in [2.05, 4.69) is 0 Å². The first-order valence-corrected chi connectivity index (χ1v) is 5.55. The third-order valence-electron chi connectivity index (χ3n) is 3.05. The minimum absolute atomic E-state index is 0.148. The summed E-state index contributed by atoms with van der Waals surface area (Å²) in [6, 6.07) is 0. The van der Waals surface area contributed by atoms with Gasteiger partial charge in [-0.1, -0.05) is 0 Å². The van der Waals surface area contributed by atoms with Crippen LogP contribution in [0.25, 0.3) is 0 Å². The van der Waals surface area contributed by atoms with Crippen LogP contribution in [0.3, 0.4) is 0 Å². The Balaban J connectivity index is 1.57. The van der Waals surface area contributed by atoms with Gasteiger partial charge in [-0.25, -0.2) is 0 Å². The van der Waals surface area contributed by atoms with Gasteiger partial charge in [0.15, 0.2) is 0 Å². The molecular weight excluding hydrogens is 212 g/mol. The molecule has 3 aliphatic heterocycles. The van der Waals surface area contributed by atoms with Crippen LogP contribution >= 0.6 is 0 Å². The molecule has 0 aromatic rings. The Labute approximate surface area is 93.1 Å². The molecule has 3 rings (SSSR count). The number of carbonyl (C=O) groups excluding carboxylic acids is 2. The van der Waals surface area contributed by atoms with E-state index in [9.17, 15) is 9.59 Å². The Bertz CT molecular complexity index is 293. The van der Waals surface area contributed by atoms with Crippen molar-refractivity contribution in [2.75, 3.05) is 39.4 Å². The zero-order chi connectivity index (χ0) is 11.1. The third-order valence-corrected chi connectivity index (χ3v) is 3.05. The monoisotopic (exact) mass is 226 g/mol. The molecule has 0 N–H and O–H groups in total. The number of carbonyl (C=O) groups is 2. The molecule has 2 unspecified atom stereocenters. The summed E-state index contributed by atoms with van der Waals surface area (Å²) < 4.78 is 10.1. The van der Waals surface area contributed by atoms with Crippen LogP contribution in [-0.4, -0.2) is 73.2 Å². The van der Waals surface area contributed by atoms with Crippen molar-refractivity contribution in [1.82, 2.24) is 9.80 Å². The highest BCUT2D eigenvalue weighted by atomic mass is 16.6. The highest BCUT2D eigenvalue weighted by Gasteiger charge is 2.38.